The highest BCUT2D eigenvalue weighted by atomic mass is 35.5. The Morgan fingerprint density at radius 2 is 1.83 bits per heavy atom. The Labute approximate surface area is 137 Å². The third-order valence-corrected chi connectivity index (χ3v) is 4.18. The summed E-state index contributed by atoms with van der Waals surface area (Å²) in [6.07, 6.45) is 3.60. The monoisotopic (exact) mass is 325 g/mol. The van der Waals surface area contributed by atoms with E-state index >= 15 is 0 Å². The molecule has 0 atom stereocenters. The molecule has 0 amide bonds. The lowest BCUT2D eigenvalue weighted by Crippen LogP contribution is -1.97. The van der Waals surface area contributed by atoms with Crippen LogP contribution in [0, 0.1) is 12.7 Å². The zero-order valence-electron chi connectivity index (χ0n) is 12.4. The van der Waals surface area contributed by atoms with Crippen molar-refractivity contribution in [2.75, 3.05) is 0 Å². The second-order valence-electron chi connectivity index (χ2n) is 5.40. The van der Waals surface area contributed by atoms with Crippen molar-refractivity contribution >= 4 is 22.5 Å². The van der Waals surface area contributed by atoms with Crippen molar-refractivity contribution in [3.05, 3.63) is 77.5 Å². The normalized spacial score (nSPS) is 11.3. The quantitative estimate of drug-likeness (QED) is 0.513. The van der Waals surface area contributed by atoms with Crippen LogP contribution in [0.2, 0.25) is 5.02 Å². The summed E-state index contributed by atoms with van der Waals surface area (Å²) in [7, 11) is 0. The number of aryl methyl sites for hydroxylation is 1. The number of hydrogen-bond acceptors (Lipinski definition) is 1. The van der Waals surface area contributed by atoms with Gasteiger partial charge in [0.1, 0.15) is 0 Å². The largest absolute Gasteiger partial charge is 0.308 e. The smallest absolute Gasteiger partial charge is 0.166 e. The lowest BCUT2D eigenvalue weighted by atomic mass is 10.2. The van der Waals surface area contributed by atoms with Crippen LogP contribution < -0.4 is 0 Å². The van der Waals surface area contributed by atoms with E-state index in [0.717, 1.165) is 22.5 Å². The van der Waals surface area contributed by atoms with Gasteiger partial charge in [0.15, 0.2) is 5.82 Å². The van der Waals surface area contributed by atoms with Crippen molar-refractivity contribution in [3.63, 3.8) is 0 Å². The predicted octanol–water partition coefficient (Wildman–Crippen LogP) is 4.92. The van der Waals surface area contributed by atoms with Gasteiger partial charge in [0.05, 0.1) is 34.3 Å². The highest BCUT2D eigenvalue weighted by Gasteiger charge is 2.15. The summed E-state index contributed by atoms with van der Waals surface area (Å²) >= 11 is 5.95. The molecule has 2 aromatic heterocycles. The number of halogens is 2. The van der Waals surface area contributed by atoms with Crippen LogP contribution >= 0.6 is 11.6 Å². The number of hydrogen-bond donors (Lipinski definition) is 0. The van der Waals surface area contributed by atoms with Gasteiger partial charge in [-0.3, -0.25) is 0 Å². The van der Waals surface area contributed by atoms with Gasteiger partial charge < -0.3 is 4.57 Å². The predicted molar refractivity (Wildman–Crippen MR) is 90.1 cm³/mol. The molecule has 2 aromatic carbocycles. The van der Waals surface area contributed by atoms with Crippen molar-refractivity contribution in [1.29, 1.82) is 0 Å². The Bertz CT molecular complexity index is 1000. The van der Waals surface area contributed by atoms with Crippen molar-refractivity contribution < 1.29 is 4.39 Å². The first-order chi connectivity index (χ1) is 11.1. The molecular weight excluding hydrogens is 313 g/mol. The number of fused-ring (bicyclic) bond motifs is 1. The summed E-state index contributed by atoms with van der Waals surface area (Å²) in [6, 6.07) is 15.1. The molecule has 0 radical (unpaired) electrons. The van der Waals surface area contributed by atoms with Gasteiger partial charge >= 0.3 is 0 Å². The minimum atomic E-state index is -0.412. The molecule has 0 spiro atoms. The van der Waals surface area contributed by atoms with Gasteiger partial charge in [0.25, 0.3) is 0 Å². The van der Waals surface area contributed by atoms with Crippen LogP contribution in [0.4, 0.5) is 4.39 Å². The zero-order chi connectivity index (χ0) is 16.0. The third-order valence-electron chi connectivity index (χ3n) is 3.89. The molecule has 0 aliphatic carbocycles. The summed E-state index contributed by atoms with van der Waals surface area (Å²) in [5.41, 5.74) is 3.14. The first-order valence-corrected chi connectivity index (χ1v) is 7.59. The molecule has 4 aromatic rings. The molecule has 5 heteroatoms. The van der Waals surface area contributed by atoms with E-state index < -0.39 is 5.82 Å². The molecule has 3 nitrogen and oxygen atoms in total. The molecular formula is C18H13ClFN3. The number of nitrogens with zero attached hydrogens (tertiary/aromatic N) is 3. The molecule has 2 heterocycles. The molecule has 23 heavy (non-hydrogen) atoms. The molecule has 4 rings (SSSR count). The summed E-state index contributed by atoms with van der Waals surface area (Å²) in [4.78, 5) is 0. The average Bonchev–Trinajstić information content (AvgIpc) is 3.16. The van der Waals surface area contributed by atoms with E-state index in [1.165, 1.54) is 0 Å². The van der Waals surface area contributed by atoms with Crippen molar-refractivity contribution in [1.82, 2.24) is 14.3 Å². The van der Waals surface area contributed by atoms with Gasteiger partial charge in [-0.15, -0.1) is 0 Å². The topological polar surface area (TPSA) is 22.8 Å². The number of para-hydroxylation sites is 1. The Morgan fingerprint density at radius 3 is 2.61 bits per heavy atom. The van der Waals surface area contributed by atoms with Crippen molar-refractivity contribution in [3.8, 4) is 11.4 Å². The molecule has 0 aliphatic heterocycles. The van der Waals surface area contributed by atoms with Crippen LogP contribution in [0.5, 0.6) is 0 Å². The maximum atomic E-state index is 14.5. The second kappa shape index (κ2) is 5.25. The highest BCUT2D eigenvalue weighted by molar-refractivity contribution is 6.31. The van der Waals surface area contributed by atoms with Crippen LogP contribution in [-0.2, 0) is 0 Å². The second-order valence-corrected chi connectivity index (χ2v) is 5.81. The van der Waals surface area contributed by atoms with Gasteiger partial charge in [0, 0.05) is 11.1 Å². The Hall–Kier alpha value is -2.59. The SMILES string of the molecule is Cc1cc2ccc(Cl)c(F)c2n1-c1cnn(-c2ccccc2)c1. The van der Waals surface area contributed by atoms with Gasteiger partial charge in [-0.05, 0) is 31.2 Å². The van der Waals surface area contributed by atoms with Crippen LogP contribution in [-0.4, -0.2) is 14.3 Å². The van der Waals surface area contributed by atoms with Gasteiger partial charge in [0.2, 0.25) is 0 Å². The van der Waals surface area contributed by atoms with E-state index in [4.69, 9.17) is 11.6 Å². The summed E-state index contributed by atoms with van der Waals surface area (Å²) in [5.74, 6) is -0.412. The molecule has 0 N–H and O–H groups in total. The number of rotatable bonds is 2. The first-order valence-electron chi connectivity index (χ1n) is 7.21. The fourth-order valence-electron chi connectivity index (χ4n) is 2.85. The van der Waals surface area contributed by atoms with Crippen molar-refractivity contribution in [2.24, 2.45) is 0 Å². The fraction of sp³-hybridized carbons (Fsp3) is 0.0556. The van der Waals surface area contributed by atoms with E-state index in [1.54, 1.807) is 16.9 Å². The maximum absolute atomic E-state index is 14.5. The third kappa shape index (κ3) is 2.23. The zero-order valence-corrected chi connectivity index (χ0v) is 13.1. The summed E-state index contributed by atoms with van der Waals surface area (Å²) < 4.78 is 18.1. The van der Waals surface area contributed by atoms with Crippen LogP contribution in [0.3, 0.4) is 0 Å². The fourth-order valence-corrected chi connectivity index (χ4v) is 3.00. The molecule has 0 fully saturated rings. The minimum absolute atomic E-state index is 0.118. The van der Waals surface area contributed by atoms with Gasteiger partial charge in [-0.25, -0.2) is 9.07 Å². The lowest BCUT2D eigenvalue weighted by Gasteiger charge is -2.06. The molecule has 0 aliphatic rings. The highest BCUT2D eigenvalue weighted by Crippen LogP contribution is 2.30. The molecule has 0 saturated carbocycles. The van der Waals surface area contributed by atoms with E-state index in [2.05, 4.69) is 5.10 Å². The van der Waals surface area contributed by atoms with E-state index in [-0.39, 0.29) is 5.02 Å². The van der Waals surface area contributed by atoms with Gasteiger partial charge in [-0.2, -0.15) is 5.10 Å². The van der Waals surface area contributed by atoms with Crippen molar-refractivity contribution in [2.45, 2.75) is 6.92 Å². The van der Waals surface area contributed by atoms with E-state index in [1.807, 2.05) is 60.2 Å². The summed E-state index contributed by atoms with van der Waals surface area (Å²) in [6.45, 7) is 1.94. The van der Waals surface area contributed by atoms with Crippen LogP contribution in [0.15, 0.2) is 60.9 Å². The number of benzene rings is 2. The molecule has 0 bridgehead atoms. The van der Waals surface area contributed by atoms with Gasteiger partial charge in [-0.1, -0.05) is 35.9 Å². The Kier molecular flexibility index (Phi) is 3.20. The van der Waals surface area contributed by atoms with E-state index in [0.29, 0.717) is 5.52 Å². The standard InChI is InChI=1S/C18H13ClFN3/c1-12-9-13-7-8-16(19)17(20)18(13)23(12)15-10-21-22(11-15)14-5-3-2-4-6-14/h2-11H,1H3. The molecule has 0 saturated heterocycles. The van der Waals surface area contributed by atoms with Crippen LogP contribution in [0.25, 0.3) is 22.3 Å². The molecule has 114 valence electrons. The average molecular weight is 326 g/mol. The minimum Gasteiger partial charge on any atom is -0.308 e. The maximum Gasteiger partial charge on any atom is 0.166 e. The number of aromatic nitrogens is 3. The first kappa shape index (κ1) is 14.0. The van der Waals surface area contributed by atoms with Crippen LogP contribution in [0.1, 0.15) is 5.69 Å². The Balaban J connectivity index is 1.92. The van der Waals surface area contributed by atoms with E-state index in [9.17, 15) is 4.39 Å². The lowest BCUT2D eigenvalue weighted by molar-refractivity contribution is 0.634. The summed E-state index contributed by atoms with van der Waals surface area (Å²) in [5, 5.41) is 5.32. The molecule has 0 unspecified atom stereocenters. The Morgan fingerprint density at radius 1 is 1.04 bits per heavy atom.